The topological polar surface area (TPSA) is 42.3 Å². The minimum absolute atomic E-state index is 0.104. The molecule has 0 fully saturated rings. The summed E-state index contributed by atoms with van der Waals surface area (Å²) in [5.41, 5.74) is 1.73. The molecule has 0 bridgehead atoms. The van der Waals surface area contributed by atoms with Crippen molar-refractivity contribution in [3.8, 4) is 0 Å². The molecule has 1 amide bonds. The van der Waals surface area contributed by atoms with E-state index in [9.17, 15) is 9.59 Å². The first-order valence-electron chi connectivity index (χ1n) is 7.16. The van der Waals surface area contributed by atoms with Crippen LogP contribution >= 0.6 is 0 Å². The van der Waals surface area contributed by atoms with Crippen LogP contribution in [0, 0.1) is 0 Å². The van der Waals surface area contributed by atoms with Crippen molar-refractivity contribution < 1.29 is 9.59 Å². The van der Waals surface area contributed by atoms with Gasteiger partial charge in [0.05, 0.1) is 5.69 Å². The predicted octanol–water partition coefficient (Wildman–Crippen LogP) is 2.74. The molecule has 21 heavy (non-hydrogen) atoms. The van der Waals surface area contributed by atoms with Crippen LogP contribution in [-0.4, -0.2) is 28.2 Å². The van der Waals surface area contributed by atoms with Crippen LogP contribution in [0.15, 0.2) is 48.7 Å². The lowest BCUT2D eigenvalue weighted by Crippen LogP contribution is -2.31. The van der Waals surface area contributed by atoms with Crippen LogP contribution in [-0.2, 0) is 17.9 Å². The molecule has 1 heterocycles. The molecule has 0 aliphatic carbocycles. The van der Waals surface area contributed by atoms with E-state index < -0.39 is 0 Å². The summed E-state index contributed by atoms with van der Waals surface area (Å²) >= 11 is 0. The molecular weight excluding hydrogens is 264 g/mol. The van der Waals surface area contributed by atoms with Crippen LogP contribution in [0.25, 0.3) is 0 Å². The quantitative estimate of drug-likeness (QED) is 0.734. The Bertz CT molecular complexity index is 590. The lowest BCUT2D eigenvalue weighted by atomic mass is 10.2. The SMILES string of the molecule is CCN(Cc1ccccc1)C(=O)CCn1cccc1C=O. The largest absolute Gasteiger partial charge is 0.345 e. The molecule has 4 heteroatoms. The first kappa shape index (κ1) is 15.0. The van der Waals surface area contributed by atoms with Gasteiger partial charge < -0.3 is 9.47 Å². The fourth-order valence-electron chi connectivity index (χ4n) is 2.29. The van der Waals surface area contributed by atoms with Gasteiger partial charge in [-0.05, 0) is 24.6 Å². The number of aryl methyl sites for hydroxylation is 1. The van der Waals surface area contributed by atoms with Gasteiger partial charge in [0, 0.05) is 32.3 Å². The monoisotopic (exact) mass is 284 g/mol. The normalized spacial score (nSPS) is 10.3. The van der Waals surface area contributed by atoms with Crippen molar-refractivity contribution in [3.05, 3.63) is 59.9 Å². The summed E-state index contributed by atoms with van der Waals surface area (Å²) in [6.45, 7) is 3.82. The van der Waals surface area contributed by atoms with Crippen molar-refractivity contribution in [2.24, 2.45) is 0 Å². The Balaban J connectivity index is 1.93. The van der Waals surface area contributed by atoms with Crippen LogP contribution in [0.4, 0.5) is 0 Å². The Morgan fingerprint density at radius 1 is 1.19 bits per heavy atom. The third kappa shape index (κ3) is 4.05. The van der Waals surface area contributed by atoms with Crippen LogP contribution in [0.5, 0.6) is 0 Å². The van der Waals surface area contributed by atoms with Gasteiger partial charge in [0.25, 0.3) is 0 Å². The zero-order chi connectivity index (χ0) is 15.1. The molecule has 0 spiro atoms. The van der Waals surface area contributed by atoms with E-state index in [0.29, 0.717) is 31.7 Å². The number of hydrogen-bond donors (Lipinski definition) is 0. The van der Waals surface area contributed by atoms with Gasteiger partial charge >= 0.3 is 0 Å². The second-order valence-electron chi connectivity index (χ2n) is 4.89. The van der Waals surface area contributed by atoms with Gasteiger partial charge in [0.15, 0.2) is 6.29 Å². The van der Waals surface area contributed by atoms with Gasteiger partial charge in [-0.3, -0.25) is 9.59 Å². The lowest BCUT2D eigenvalue weighted by Gasteiger charge is -2.21. The molecule has 0 N–H and O–H groups in total. The van der Waals surface area contributed by atoms with Gasteiger partial charge in [0.1, 0.15) is 0 Å². The van der Waals surface area contributed by atoms with Crippen LogP contribution in [0.2, 0.25) is 0 Å². The Hall–Kier alpha value is -2.36. The van der Waals surface area contributed by atoms with E-state index in [-0.39, 0.29) is 5.91 Å². The number of rotatable bonds is 7. The van der Waals surface area contributed by atoms with Crippen LogP contribution < -0.4 is 0 Å². The Kier molecular flexibility index (Phi) is 5.32. The molecule has 4 nitrogen and oxygen atoms in total. The zero-order valence-corrected chi connectivity index (χ0v) is 12.2. The molecular formula is C17H20N2O2. The first-order valence-corrected chi connectivity index (χ1v) is 7.16. The van der Waals surface area contributed by atoms with Crippen LogP contribution in [0.3, 0.4) is 0 Å². The van der Waals surface area contributed by atoms with Gasteiger partial charge in [-0.25, -0.2) is 0 Å². The lowest BCUT2D eigenvalue weighted by molar-refractivity contribution is -0.131. The maximum atomic E-state index is 12.3. The number of carbonyl (C=O) groups is 2. The maximum Gasteiger partial charge on any atom is 0.224 e. The number of nitrogens with zero attached hydrogens (tertiary/aromatic N) is 2. The average molecular weight is 284 g/mol. The number of amides is 1. The van der Waals surface area contributed by atoms with Crippen molar-refractivity contribution in [2.45, 2.75) is 26.4 Å². The van der Waals surface area contributed by atoms with E-state index in [0.717, 1.165) is 11.8 Å². The van der Waals surface area contributed by atoms with Crippen molar-refractivity contribution in [1.29, 1.82) is 0 Å². The smallest absolute Gasteiger partial charge is 0.224 e. The van der Waals surface area contributed by atoms with Crippen molar-refractivity contribution in [3.63, 3.8) is 0 Å². The molecule has 110 valence electrons. The third-order valence-electron chi connectivity index (χ3n) is 3.50. The van der Waals surface area contributed by atoms with E-state index in [1.165, 1.54) is 0 Å². The summed E-state index contributed by atoms with van der Waals surface area (Å²) < 4.78 is 1.81. The number of carbonyl (C=O) groups excluding carboxylic acids is 2. The maximum absolute atomic E-state index is 12.3. The number of hydrogen-bond acceptors (Lipinski definition) is 2. The van der Waals surface area contributed by atoms with E-state index in [4.69, 9.17) is 0 Å². The van der Waals surface area contributed by atoms with E-state index in [1.54, 1.807) is 10.6 Å². The molecule has 1 aromatic heterocycles. The van der Waals surface area contributed by atoms with Crippen LogP contribution in [0.1, 0.15) is 29.4 Å². The molecule has 0 radical (unpaired) electrons. The summed E-state index contributed by atoms with van der Waals surface area (Å²) in [7, 11) is 0. The van der Waals surface area contributed by atoms with E-state index in [2.05, 4.69) is 0 Å². The Morgan fingerprint density at radius 3 is 2.62 bits per heavy atom. The zero-order valence-electron chi connectivity index (χ0n) is 12.2. The standard InChI is InChI=1S/C17H20N2O2/c1-2-18(13-15-7-4-3-5-8-15)17(21)10-12-19-11-6-9-16(19)14-20/h3-9,11,14H,2,10,12-13H2,1H3. The molecule has 2 aromatic rings. The Labute approximate surface area is 125 Å². The highest BCUT2D eigenvalue weighted by Gasteiger charge is 2.12. The van der Waals surface area contributed by atoms with Crippen molar-refractivity contribution in [2.75, 3.05) is 6.54 Å². The molecule has 0 atom stereocenters. The molecule has 1 aromatic carbocycles. The van der Waals surface area contributed by atoms with Gasteiger partial charge in [-0.2, -0.15) is 0 Å². The second-order valence-corrected chi connectivity index (χ2v) is 4.89. The van der Waals surface area contributed by atoms with Gasteiger partial charge in [-0.1, -0.05) is 30.3 Å². The molecule has 2 rings (SSSR count). The minimum Gasteiger partial charge on any atom is -0.345 e. The number of benzene rings is 1. The fraction of sp³-hybridized carbons (Fsp3) is 0.294. The fourth-order valence-corrected chi connectivity index (χ4v) is 2.29. The van der Waals surface area contributed by atoms with Crippen molar-refractivity contribution >= 4 is 12.2 Å². The molecule has 0 saturated heterocycles. The van der Waals surface area contributed by atoms with Crippen molar-refractivity contribution in [1.82, 2.24) is 9.47 Å². The molecule has 0 saturated carbocycles. The van der Waals surface area contributed by atoms with Gasteiger partial charge in [-0.15, -0.1) is 0 Å². The summed E-state index contributed by atoms with van der Waals surface area (Å²) in [4.78, 5) is 25.0. The average Bonchev–Trinajstić information content (AvgIpc) is 2.98. The summed E-state index contributed by atoms with van der Waals surface area (Å²) in [6, 6.07) is 13.5. The predicted molar refractivity (Wildman–Crippen MR) is 82.0 cm³/mol. The molecule has 0 aliphatic heterocycles. The minimum atomic E-state index is 0.104. The second kappa shape index (κ2) is 7.43. The summed E-state index contributed by atoms with van der Waals surface area (Å²) in [5, 5.41) is 0. The van der Waals surface area contributed by atoms with Gasteiger partial charge in [0.2, 0.25) is 5.91 Å². The summed E-state index contributed by atoms with van der Waals surface area (Å²) in [6.07, 6.45) is 3.03. The van der Waals surface area contributed by atoms with E-state index >= 15 is 0 Å². The Morgan fingerprint density at radius 2 is 1.95 bits per heavy atom. The highest BCUT2D eigenvalue weighted by atomic mass is 16.2. The first-order chi connectivity index (χ1) is 10.2. The number of aldehydes is 1. The number of aromatic nitrogens is 1. The summed E-state index contributed by atoms with van der Waals surface area (Å²) in [5.74, 6) is 0.104. The molecule has 0 aliphatic rings. The highest BCUT2D eigenvalue weighted by Crippen LogP contribution is 2.07. The van der Waals surface area contributed by atoms with E-state index in [1.807, 2.05) is 54.4 Å². The third-order valence-corrected chi connectivity index (χ3v) is 3.50. The highest BCUT2D eigenvalue weighted by molar-refractivity contribution is 5.76. The molecule has 0 unspecified atom stereocenters.